The lowest BCUT2D eigenvalue weighted by Gasteiger charge is -2.29. The van der Waals surface area contributed by atoms with E-state index in [0.717, 1.165) is 44.3 Å². The van der Waals surface area contributed by atoms with Crippen LogP contribution in [-0.2, 0) is 16.4 Å². The minimum atomic E-state index is -4.03. The van der Waals surface area contributed by atoms with Gasteiger partial charge in [0.05, 0.1) is 21.5 Å². The Morgan fingerprint density at radius 2 is 1.81 bits per heavy atom. The van der Waals surface area contributed by atoms with E-state index < -0.39 is 21.1 Å². The molecule has 2 aromatic carbocycles. The lowest BCUT2D eigenvalue weighted by Crippen LogP contribution is -2.30. The second-order valence-electron chi connectivity index (χ2n) is 8.20. The predicted octanol–water partition coefficient (Wildman–Crippen LogP) is 4.68. The highest BCUT2D eigenvalue weighted by molar-refractivity contribution is 7.91. The number of hydrogen-bond acceptors (Lipinski definition) is 4. The summed E-state index contributed by atoms with van der Waals surface area (Å²) < 4.78 is 43.4. The fourth-order valence-electron chi connectivity index (χ4n) is 4.28. The van der Waals surface area contributed by atoms with Crippen molar-refractivity contribution >= 4 is 26.4 Å². The van der Waals surface area contributed by atoms with Gasteiger partial charge in [-0.05, 0) is 62.4 Å². The maximum atomic E-state index is 15.1. The van der Waals surface area contributed by atoms with Crippen LogP contribution in [0.15, 0.2) is 57.2 Å². The number of piperidine rings is 1. The molecule has 1 aromatic heterocycles. The molecule has 0 atom stereocenters. The zero-order chi connectivity index (χ0) is 22.2. The summed E-state index contributed by atoms with van der Waals surface area (Å²) in [5.41, 5.74) is 1.17. The monoisotopic (exact) mass is 442 g/mol. The van der Waals surface area contributed by atoms with Crippen LogP contribution in [0.1, 0.15) is 38.2 Å². The van der Waals surface area contributed by atoms with Crippen LogP contribution >= 0.6 is 0 Å². The van der Waals surface area contributed by atoms with Crippen molar-refractivity contribution in [2.24, 2.45) is 0 Å². The number of fused-ring (bicyclic) bond motifs is 1. The van der Waals surface area contributed by atoms with Gasteiger partial charge < -0.3 is 9.47 Å². The van der Waals surface area contributed by atoms with Gasteiger partial charge in [-0.3, -0.25) is 4.79 Å². The van der Waals surface area contributed by atoms with Crippen molar-refractivity contribution in [3.8, 4) is 0 Å². The molecule has 3 aromatic rings. The Bertz CT molecular complexity index is 1290. The van der Waals surface area contributed by atoms with Gasteiger partial charge in [0, 0.05) is 25.8 Å². The van der Waals surface area contributed by atoms with Crippen molar-refractivity contribution in [1.82, 2.24) is 4.57 Å². The van der Waals surface area contributed by atoms with Gasteiger partial charge in [0.25, 0.3) is 0 Å². The highest BCUT2D eigenvalue weighted by Crippen LogP contribution is 2.29. The first-order valence-corrected chi connectivity index (χ1v) is 12.2. The number of pyridine rings is 1. The molecule has 4 rings (SSSR count). The number of hydrogen-bond donors (Lipinski definition) is 0. The molecule has 1 saturated heterocycles. The number of halogens is 1. The van der Waals surface area contributed by atoms with Crippen molar-refractivity contribution < 1.29 is 12.8 Å². The topological polar surface area (TPSA) is 59.4 Å². The van der Waals surface area contributed by atoms with Gasteiger partial charge in [-0.25, -0.2) is 12.8 Å². The standard InChI is InChI=1S/C24H27FN2O3S/c1-3-10-27-16-23(31(29,30)18-9-7-8-17(2)13-18)24(28)19-14-20(25)22(15-21(19)27)26-11-5-4-6-12-26/h7-9,13-16H,3-6,10-12H2,1-2H3. The van der Waals surface area contributed by atoms with E-state index >= 15 is 4.39 Å². The summed E-state index contributed by atoms with van der Waals surface area (Å²) in [5, 5.41) is 0.0976. The van der Waals surface area contributed by atoms with E-state index in [0.29, 0.717) is 17.7 Å². The number of nitrogens with zero attached hydrogens (tertiary/aromatic N) is 2. The maximum Gasteiger partial charge on any atom is 0.211 e. The largest absolute Gasteiger partial charge is 0.369 e. The Hall–Kier alpha value is -2.67. The molecule has 1 fully saturated rings. The SMILES string of the molecule is CCCn1cc(S(=O)(=O)c2cccc(C)c2)c(=O)c2cc(F)c(N3CCCCC3)cc21. The van der Waals surface area contributed by atoms with Crippen molar-refractivity contribution in [2.75, 3.05) is 18.0 Å². The third-order valence-electron chi connectivity index (χ3n) is 5.87. The van der Waals surface area contributed by atoms with Crippen LogP contribution in [0.2, 0.25) is 0 Å². The highest BCUT2D eigenvalue weighted by atomic mass is 32.2. The molecule has 31 heavy (non-hydrogen) atoms. The smallest absolute Gasteiger partial charge is 0.211 e. The molecular formula is C24H27FN2O3S. The third-order valence-corrected chi connectivity index (χ3v) is 7.61. The first-order valence-electron chi connectivity index (χ1n) is 10.8. The van der Waals surface area contributed by atoms with Gasteiger partial charge in [-0.2, -0.15) is 0 Å². The van der Waals surface area contributed by atoms with Crippen molar-refractivity contribution in [2.45, 2.75) is 55.9 Å². The van der Waals surface area contributed by atoms with Crippen molar-refractivity contribution in [1.29, 1.82) is 0 Å². The van der Waals surface area contributed by atoms with Crippen LogP contribution in [0.5, 0.6) is 0 Å². The summed E-state index contributed by atoms with van der Waals surface area (Å²) in [6, 6.07) is 9.39. The Labute approximate surface area is 182 Å². The van der Waals surface area contributed by atoms with E-state index in [1.54, 1.807) is 35.8 Å². The second kappa shape index (κ2) is 8.46. The first-order chi connectivity index (χ1) is 14.8. The molecule has 0 spiro atoms. The zero-order valence-corrected chi connectivity index (χ0v) is 18.7. The molecule has 0 amide bonds. The molecule has 5 nitrogen and oxygen atoms in total. The lowest BCUT2D eigenvalue weighted by molar-refractivity contribution is 0.557. The molecule has 1 aliphatic rings. The van der Waals surface area contributed by atoms with Crippen LogP contribution in [-0.4, -0.2) is 26.1 Å². The number of benzene rings is 2. The molecule has 1 aliphatic heterocycles. The predicted molar refractivity (Wildman–Crippen MR) is 121 cm³/mol. The minimum Gasteiger partial charge on any atom is -0.369 e. The van der Waals surface area contributed by atoms with E-state index in [1.807, 2.05) is 11.8 Å². The zero-order valence-electron chi connectivity index (χ0n) is 17.9. The molecule has 2 heterocycles. The molecule has 0 saturated carbocycles. The molecule has 0 aliphatic carbocycles. The Morgan fingerprint density at radius 3 is 2.48 bits per heavy atom. The number of rotatable bonds is 5. The summed E-state index contributed by atoms with van der Waals surface area (Å²) in [6.45, 7) is 5.86. The molecular weight excluding hydrogens is 415 g/mol. The number of aryl methyl sites for hydroxylation is 2. The van der Waals surface area contributed by atoms with Crippen LogP contribution in [0.3, 0.4) is 0 Å². The molecule has 7 heteroatoms. The minimum absolute atomic E-state index is 0.0670. The van der Waals surface area contributed by atoms with E-state index in [1.165, 1.54) is 18.3 Å². The maximum absolute atomic E-state index is 15.1. The van der Waals surface area contributed by atoms with E-state index in [4.69, 9.17) is 0 Å². The summed E-state index contributed by atoms with van der Waals surface area (Å²) in [7, 11) is -4.03. The number of sulfone groups is 1. The van der Waals surface area contributed by atoms with Crippen molar-refractivity contribution in [3.63, 3.8) is 0 Å². The normalized spacial score (nSPS) is 14.9. The number of aromatic nitrogens is 1. The van der Waals surface area contributed by atoms with E-state index in [2.05, 4.69) is 0 Å². The third kappa shape index (κ3) is 3.99. The van der Waals surface area contributed by atoms with Gasteiger partial charge in [-0.15, -0.1) is 0 Å². The Kier molecular flexibility index (Phi) is 5.88. The fourth-order valence-corrected chi connectivity index (χ4v) is 5.75. The van der Waals surface area contributed by atoms with Gasteiger partial charge >= 0.3 is 0 Å². The number of anilines is 1. The average molecular weight is 443 g/mol. The van der Waals surface area contributed by atoms with Gasteiger partial charge in [0.2, 0.25) is 15.3 Å². The van der Waals surface area contributed by atoms with Crippen LogP contribution in [0, 0.1) is 12.7 Å². The van der Waals surface area contributed by atoms with Crippen LogP contribution in [0.4, 0.5) is 10.1 Å². The highest BCUT2D eigenvalue weighted by Gasteiger charge is 2.25. The van der Waals surface area contributed by atoms with Gasteiger partial charge in [0.15, 0.2) is 0 Å². The fraction of sp³-hybridized carbons (Fsp3) is 0.375. The summed E-state index contributed by atoms with van der Waals surface area (Å²) in [5.74, 6) is -0.486. The molecule has 164 valence electrons. The quantitative estimate of drug-likeness (QED) is 0.576. The average Bonchev–Trinajstić information content (AvgIpc) is 2.76. The van der Waals surface area contributed by atoms with Gasteiger partial charge in [0.1, 0.15) is 10.7 Å². The Morgan fingerprint density at radius 1 is 1.06 bits per heavy atom. The van der Waals surface area contributed by atoms with Crippen LogP contribution in [0.25, 0.3) is 10.9 Å². The lowest BCUT2D eigenvalue weighted by atomic mass is 10.1. The van der Waals surface area contributed by atoms with Crippen LogP contribution < -0.4 is 10.3 Å². The summed E-state index contributed by atoms with van der Waals surface area (Å²) >= 11 is 0. The second-order valence-corrected chi connectivity index (χ2v) is 10.1. The van der Waals surface area contributed by atoms with Gasteiger partial charge in [-0.1, -0.05) is 19.1 Å². The van der Waals surface area contributed by atoms with E-state index in [-0.39, 0.29) is 15.2 Å². The molecule has 0 unspecified atom stereocenters. The van der Waals surface area contributed by atoms with E-state index in [9.17, 15) is 13.2 Å². The molecule has 0 N–H and O–H groups in total. The molecule has 0 bridgehead atoms. The Balaban J connectivity index is 1.95. The summed E-state index contributed by atoms with van der Waals surface area (Å²) in [6.07, 6.45) is 5.31. The first kappa shape index (κ1) is 21.6. The summed E-state index contributed by atoms with van der Waals surface area (Å²) in [4.78, 5) is 15.0. The van der Waals surface area contributed by atoms with Crippen molar-refractivity contribution in [3.05, 3.63) is 64.2 Å². The molecule has 0 radical (unpaired) electrons.